The van der Waals surface area contributed by atoms with Gasteiger partial charge in [-0.3, -0.25) is 0 Å². The number of cyclic esters (lactones) is 1. The van der Waals surface area contributed by atoms with E-state index in [9.17, 15) is 4.79 Å². The SMILES string of the molecule is COc1ccc(-c2occ([C@@]3(c4ccccc4)O[C@H](C(C)(C)C)OC3=O)c2-c2ccc(OC)cc2)cc1. The molecule has 0 unspecified atom stereocenters. The third-order valence-corrected chi connectivity index (χ3v) is 6.57. The van der Waals surface area contributed by atoms with E-state index in [1.54, 1.807) is 20.5 Å². The highest BCUT2D eigenvalue weighted by molar-refractivity contribution is 5.93. The average Bonchev–Trinajstić information content (AvgIpc) is 3.51. The first-order valence-electron chi connectivity index (χ1n) is 12.1. The van der Waals surface area contributed by atoms with Crippen LogP contribution >= 0.6 is 0 Å². The number of esters is 1. The van der Waals surface area contributed by atoms with Gasteiger partial charge in [-0.15, -0.1) is 0 Å². The lowest BCUT2D eigenvalue weighted by atomic mass is 9.82. The zero-order chi connectivity index (χ0) is 26.2. The summed E-state index contributed by atoms with van der Waals surface area (Å²) in [6, 6.07) is 24.7. The topological polar surface area (TPSA) is 67.1 Å². The van der Waals surface area contributed by atoms with Crippen molar-refractivity contribution in [2.45, 2.75) is 32.7 Å². The minimum absolute atomic E-state index is 0.435. The molecule has 1 aliphatic rings. The summed E-state index contributed by atoms with van der Waals surface area (Å²) in [4.78, 5) is 13.8. The number of furan rings is 1. The molecule has 1 aromatic heterocycles. The smallest absolute Gasteiger partial charge is 0.350 e. The molecule has 2 atom stereocenters. The van der Waals surface area contributed by atoms with Gasteiger partial charge in [0.05, 0.1) is 20.5 Å². The molecule has 2 heterocycles. The quantitative estimate of drug-likeness (QED) is 0.272. The summed E-state index contributed by atoms with van der Waals surface area (Å²) < 4.78 is 29.4. The second kappa shape index (κ2) is 9.45. The number of benzene rings is 3. The highest BCUT2D eigenvalue weighted by atomic mass is 16.8. The fourth-order valence-corrected chi connectivity index (χ4v) is 4.57. The number of ether oxygens (including phenoxy) is 4. The summed E-state index contributed by atoms with van der Waals surface area (Å²) in [5.74, 6) is 1.59. The predicted octanol–water partition coefficient (Wildman–Crippen LogP) is 6.82. The van der Waals surface area contributed by atoms with Crippen molar-refractivity contribution in [3.63, 3.8) is 0 Å². The van der Waals surface area contributed by atoms with E-state index in [1.807, 2.05) is 99.6 Å². The Morgan fingerprint density at radius 2 is 1.35 bits per heavy atom. The molecule has 0 aliphatic carbocycles. The molecule has 0 radical (unpaired) electrons. The molecule has 0 amide bonds. The molecule has 5 rings (SSSR count). The highest BCUT2D eigenvalue weighted by Crippen LogP contribution is 2.51. The molecule has 1 saturated heterocycles. The summed E-state index contributed by atoms with van der Waals surface area (Å²) in [6.45, 7) is 5.94. The molecule has 190 valence electrons. The Morgan fingerprint density at radius 1 is 0.784 bits per heavy atom. The van der Waals surface area contributed by atoms with Crippen LogP contribution in [0.5, 0.6) is 11.5 Å². The molecule has 0 saturated carbocycles. The van der Waals surface area contributed by atoms with E-state index in [2.05, 4.69) is 0 Å². The minimum Gasteiger partial charge on any atom is -0.497 e. The molecular weight excluding hydrogens is 468 g/mol. The van der Waals surface area contributed by atoms with Crippen molar-refractivity contribution in [3.05, 3.63) is 96.3 Å². The van der Waals surface area contributed by atoms with Crippen molar-refractivity contribution in [2.24, 2.45) is 5.41 Å². The van der Waals surface area contributed by atoms with Crippen LogP contribution in [0.25, 0.3) is 22.5 Å². The molecule has 0 spiro atoms. The van der Waals surface area contributed by atoms with Crippen molar-refractivity contribution >= 4 is 5.97 Å². The van der Waals surface area contributed by atoms with Gasteiger partial charge >= 0.3 is 5.97 Å². The van der Waals surface area contributed by atoms with Crippen molar-refractivity contribution in [3.8, 4) is 33.9 Å². The van der Waals surface area contributed by atoms with Gasteiger partial charge in [0.15, 0.2) is 0 Å². The van der Waals surface area contributed by atoms with Crippen LogP contribution < -0.4 is 9.47 Å². The van der Waals surface area contributed by atoms with Gasteiger partial charge in [-0.2, -0.15) is 0 Å². The van der Waals surface area contributed by atoms with Crippen LogP contribution in [0.1, 0.15) is 31.9 Å². The molecule has 37 heavy (non-hydrogen) atoms. The monoisotopic (exact) mass is 498 g/mol. The lowest BCUT2D eigenvalue weighted by Gasteiger charge is -2.29. The van der Waals surface area contributed by atoms with Crippen LogP contribution in [-0.4, -0.2) is 26.5 Å². The van der Waals surface area contributed by atoms with E-state index in [4.69, 9.17) is 23.4 Å². The van der Waals surface area contributed by atoms with Crippen molar-refractivity contribution in [1.82, 2.24) is 0 Å². The summed E-state index contributed by atoms with van der Waals surface area (Å²) in [5, 5.41) is 0. The van der Waals surface area contributed by atoms with Gasteiger partial charge in [0.2, 0.25) is 11.9 Å². The molecule has 6 nitrogen and oxygen atoms in total. The molecule has 6 heteroatoms. The average molecular weight is 499 g/mol. The fraction of sp³-hybridized carbons (Fsp3) is 0.258. The maximum atomic E-state index is 13.8. The number of hydrogen-bond donors (Lipinski definition) is 0. The number of rotatable bonds is 6. The van der Waals surface area contributed by atoms with Crippen molar-refractivity contribution in [2.75, 3.05) is 14.2 Å². The Balaban J connectivity index is 1.78. The molecule has 4 aromatic rings. The Morgan fingerprint density at radius 3 is 1.86 bits per heavy atom. The molecule has 1 aliphatic heterocycles. The summed E-state index contributed by atoms with van der Waals surface area (Å²) in [5.41, 5.74) is 1.72. The normalized spacial score (nSPS) is 19.5. The Labute approximate surface area is 216 Å². The van der Waals surface area contributed by atoms with E-state index in [0.717, 1.165) is 28.2 Å². The van der Waals surface area contributed by atoms with Gasteiger partial charge in [0, 0.05) is 22.1 Å². The van der Waals surface area contributed by atoms with E-state index < -0.39 is 23.3 Å². The summed E-state index contributed by atoms with van der Waals surface area (Å²) >= 11 is 0. The van der Waals surface area contributed by atoms with E-state index >= 15 is 0 Å². The molecule has 3 aromatic carbocycles. The number of carbonyl (C=O) groups is 1. The lowest BCUT2D eigenvalue weighted by molar-refractivity contribution is -0.155. The maximum Gasteiger partial charge on any atom is 0.350 e. The molecule has 1 fully saturated rings. The van der Waals surface area contributed by atoms with Crippen LogP contribution in [-0.2, 0) is 19.9 Å². The van der Waals surface area contributed by atoms with Crippen LogP contribution in [0.2, 0.25) is 0 Å². The summed E-state index contributed by atoms with van der Waals surface area (Å²) in [6.07, 6.45) is 0.863. The van der Waals surface area contributed by atoms with E-state index in [1.165, 1.54) is 0 Å². The van der Waals surface area contributed by atoms with Gasteiger partial charge in [-0.1, -0.05) is 63.2 Å². The van der Waals surface area contributed by atoms with Gasteiger partial charge in [-0.25, -0.2) is 4.79 Å². The highest BCUT2D eigenvalue weighted by Gasteiger charge is 2.57. The first-order chi connectivity index (χ1) is 17.8. The molecule has 0 bridgehead atoms. The minimum atomic E-state index is -1.51. The number of hydrogen-bond acceptors (Lipinski definition) is 6. The van der Waals surface area contributed by atoms with Crippen LogP contribution in [0, 0.1) is 5.41 Å². The third-order valence-electron chi connectivity index (χ3n) is 6.57. The van der Waals surface area contributed by atoms with Gasteiger partial charge in [0.25, 0.3) is 0 Å². The van der Waals surface area contributed by atoms with Gasteiger partial charge in [0.1, 0.15) is 17.3 Å². The van der Waals surface area contributed by atoms with E-state index in [-0.39, 0.29) is 0 Å². The standard InChI is InChI=1S/C31H30O6/c1-30(2,3)29-36-28(32)31(37-29,22-9-7-6-8-10-22)25-19-35-27(21-13-17-24(34-5)18-14-21)26(25)20-11-15-23(33-4)16-12-20/h6-19,29H,1-5H3/t29-,31-/m1/s1. The lowest BCUT2D eigenvalue weighted by Crippen LogP contribution is -2.36. The second-order valence-electron chi connectivity index (χ2n) is 10.1. The maximum absolute atomic E-state index is 13.8. The van der Waals surface area contributed by atoms with Crippen molar-refractivity contribution < 1.29 is 28.2 Å². The first-order valence-corrected chi connectivity index (χ1v) is 12.1. The van der Waals surface area contributed by atoms with Crippen LogP contribution in [0.4, 0.5) is 0 Å². The predicted molar refractivity (Wildman–Crippen MR) is 140 cm³/mol. The third kappa shape index (κ3) is 4.27. The number of carbonyl (C=O) groups excluding carboxylic acids is 1. The zero-order valence-corrected chi connectivity index (χ0v) is 21.6. The summed E-state index contributed by atoms with van der Waals surface area (Å²) in [7, 11) is 3.25. The van der Waals surface area contributed by atoms with Gasteiger partial charge < -0.3 is 23.4 Å². The fourth-order valence-electron chi connectivity index (χ4n) is 4.57. The Hall–Kier alpha value is -4.03. The zero-order valence-electron chi connectivity index (χ0n) is 21.6. The van der Waals surface area contributed by atoms with Gasteiger partial charge in [-0.05, 0) is 47.5 Å². The Bertz CT molecular complexity index is 1380. The van der Waals surface area contributed by atoms with Crippen LogP contribution in [0.3, 0.4) is 0 Å². The first kappa shape index (κ1) is 24.7. The largest absolute Gasteiger partial charge is 0.497 e. The second-order valence-corrected chi connectivity index (χ2v) is 10.1. The number of methoxy groups -OCH3 is 2. The van der Waals surface area contributed by atoms with Crippen LogP contribution in [0.15, 0.2) is 89.5 Å². The van der Waals surface area contributed by atoms with E-state index in [0.29, 0.717) is 16.9 Å². The molecule has 0 N–H and O–H groups in total. The Kier molecular flexibility index (Phi) is 6.30. The van der Waals surface area contributed by atoms with Crippen molar-refractivity contribution in [1.29, 1.82) is 0 Å². The molecular formula is C31H30O6.